The molecule has 3 aromatic rings. The van der Waals surface area contributed by atoms with Gasteiger partial charge < -0.3 is 19.7 Å². The van der Waals surface area contributed by atoms with Crippen LogP contribution in [-0.2, 0) is 4.79 Å². The van der Waals surface area contributed by atoms with E-state index in [2.05, 4.69) is 11.4 Å². The van der Waals surface area contributed by atoms with Gasteiger partial charge in [0.1, 0.15) is 17.3 Å². The molecule has 1 N–H and O–H groups in total. The quantitative estimate of drug-likeness (QED) is 0.574. The van der Waals surface area contributed by atoms with Gasteiger partial charge in [-0.1, -0.05) is 24.3 Å². The first kappa shape index (κ1) is 22.9. The van der Waals surface area contributed by atoms with Crippen LogP contribution in [0.15, 0.2) is 66.7 Å². The molecule has 6 nitrogen and oxygen atoms in total. The summed E-state index contributed by atoms with van der Waals surface area (Å²) in [5.74, 6) is 1.15. The Morgan fingerprint density at radius 2 is 1.83 bits per heavy atom. The van der Waals surface area contributed by atoms with Crippen LogP contribution in [0.3, 0.4) is 0 Å². The van der Waals surface area contributed by atoms with Crippen LogP contribution in [0.1, 0.15) is 40.2 Å². The van der Waals surface area contributed by atoms with E-state index in [1.54, 1.807) is 25.3 Å². The normalized spacial score (nSPS) is 16.6. The second-order valence-corrected chi connectivity index (χ2v) is 8.98. The van der Waals surface area contributed by atoms with Gasteiger partial charge in [-0.05, 0) is 72.4 Å². The van der Waals surface area contributed by atoms with Crippen molar-refractivity contribution in [2.24, 2.45) is 5.92 Å². The molecule has 0 saturated carbocycles. The molecule has 180 valence electrons. The van der Waals surface area contributed by atoms with Crippen LogP contribution in [0.25, 0.3) is 0 Å². The molecule has 2 amide bonds. The first-order valence-corrected chi connectivity index (χ1v) is 11.8. The van der Waals surface area contributed by atoms with Crippen LogP contribution in [0.5, 0.6) is 11.5 Å². The zero-order valence-corrected chi connectivity index (χ0v) is 19.5. The summed E-state index contributed by atoms with van der Waals surface area (Å²) in [7, 11) is 1.65. The molecule has 2 heterocycles. The van der Waals surface area contributed by atoms with Crippen LogP contribution in [0.2, 0.25) is 0 Å². The number of nitrogens with zero attached hydrogens (tertiary/aromatic N) is 1. The van der Waals surface area contributed by atoms with E-state index in [1.807, 2.05) is 35.2 Å². The maximum Gasteiger partial charge on any atom is 0.262 e. The Hall–Kier alpha value is -3.87. The highest BCUT2D eigenvalue weighted by atomic mass is 19.1. The topological polar surface area (TPSA) is 67.9 Å². The average molecular weight is 475 g/mol. The van der Waals surface area contributed by atoms with Crippen molar-refractivity contribution in [3.05, 3.63) is 89.2 Å². The second kappa shape index (κ2) is 9.78. The van der Waals surface area contributed by atoms with Crippen LogP contribution < -0.4 is 14.8 Å². The van der Waals surface area contributed by atoms with Gasteiger partial charge in [0, 0.05) is 24.6 Å². The zero-order chi connectivity index (χ0) is 24.4. The van der Waals surface area contributed by atoms with Gasteiger partial charge in [-0.2, -0.15) is 0 Å². The number of hydrogen-bond donors (Lipinski definition) is 1. The van der Waals surface area contributed by atoms with Gasteiger partial charge in [0.2, 0.25) is 0 Å². The predicted octanol–water partition coefficient (Wildman–Crippen LogP) is 4.85. The Kier molecular flexibility index (Phi) is 6.40. The van der Waals surface area contributed by atoms with Gasteiger partial charge >= 0.3 is 0 Å². The second-order valence-electron chi connectivity index (χ2n) is 8.98. The van der Waals surface area contributed by atoms with Crippen molar-refractivity contribution < 1.29 is 23.5 Å². The Morgan fingerprint density at radius 1 is 1.06 bits per heavy atom. The fraction of sp³-hybridized carbons (Fsp3) is 0.286. The van der Waals surface area contributed by atoms with E-state index < -0.39 is 0 Å². The summed E-state index contributed by atoms with van der Waals surface area (Å²) in [4.78, 5) is 26.7. The number of nitrogens with one attached hydrogen (secondary N) is 1. The van der Waals surface area contributed by atoms with Crippen LogP contribution in [0, 0.1) is 11.7 Å². The van der Waals surface area contributed by atoms with Gasteiger partial charge in [-0.25, -0.2) is 4.39 Å². The average Bonchev–Trinajstić information content (AvgIpc) is 2.89. The van der Waals surface area contributed by atoms with E-state index in [-0.39, 0.29) is 36.1 Å². The number of methoxy groups -OCH3 is 1. The molecule has 1 fully saturated rings. The van der Waals surface area contributed by atoms with Crippen LogP contribution >= 0.6 is 0 Å². The van der Waals surface area contributed by atoms with Crippen LogP contribution in [-0.4, -0.2) is 43.5 Å². The monoisotopic (exact) mass is 474 g/mol. The van der Waals surface area contributed by atoms with E-state index in [1.165, 1.54) is 12.1 Å². The zero-order valence-electron chi connectivity index (χ0n) is 19.5. The summed E-state index contributed by atoms with van der Waals surface area (Å²) >= 11 is 0. The Bertz CT molecular complexity index is 1240. The minimum atomic E-state index is -0.259. The minimum Gasteiger partial charge on any atom is -0.497 e. The summed E-state index contributed by atoms with van der Waals surface area (Å²) < 4.78 is 24.5. The van der Waals surface area contributed by atoms with E-state index in [0.717, 1.165) is 29.7 Å². The number of piperidine rings is 1. The number of rotatable bonds is 5. The number of carbonyl (C=O) groups excluding carboxylic acids is 2. The summed E-state index contributed by atoms with van der Waals surface area (Å²) in [6.45, 7) is 1.21. The molecule has 0 aromatic heterocycles. The molecule has 35 heavy (non-hydrogen) atoms. The number of ether oxygens (including phenoxy) is 2. The third-order valence-corrected chi connectivity index (χ3v) is 6.84. The summed E-state index contributed by atoms with van der Waals surface area (Å²) in [5, 5.41) is 2.76. The lowest BCUT2D eigenvalue weighted by Gasteiger charge is -2.37. The van der Waals surface area contributed by atoms with E-state index in [4.69, 9.17) is 9.47 Å². The number of fused-ring (bicyclic) bond motifs is 1. The van der Waals surface area contributed by atoms with Crippen LogP contribution in [0.4, 0.5) is 10.1 Å². The van der Waals surface area contributed by atoms with Gasteiger partial charge in [-0.3, -0.25) is 9.59 Å². The first-order chi connectivity index (χ1) is 17.0. The first-order valence-electron chi connectivity index (χ1n) is 11.8. The van der Waals surface area contributed by atoms with Crippen molar-refractivity contribution in [1.29, 1.82) is 0 Å². The fourth-order valence-corrected chi connectivity index (χ4v) is 5.08. The molecule has 1 saturated heterocycles. The summed E-state index contributed by atoms with van der Waals surface area (Å²) in [5.41, 5.74) is 3.22. The highest BCUT2D eigenvalue weighted by Crippen LogP contribution is 2.39. The van der Waals surface area contributed by atoms with E-state index >= 15 is 0 Å². The lowest BCUT2D eigenvalue weighted by molar-refractivity contribution is -0.118. The van der Waals surface area contributed by atoms with Crippen molar-refractivity contribution in [2.45, 2.75) is 18.8 Å². The molecule has 0 radical (unpaired) electrons. The number of carbonyl (C=O) groups is 2. The lowest BCUT2D eigenvalue weighted by Crippen LogP contribution is -2.40. The number of anilines is 1. The maximum atomic E-state index is 13.6. The molecule has 0 bridgehead atoms. The summed E-state index contributed by atoms with van der Waals surface area (Å²) in [6.07, 6.45) is 1.63. The van der Waals surface area contributed by atoms with Gasteiger partial charge in [0.05, 0.1) is 12.8 Å². The Balaban J connectivity index is 1.34. The number of hydrogen-bond acceptors (Lipinski definition) is 4. The molecule has 1 atom stereocenters. The molecule has 0 unspecified atom stereocenters. The van der Waals surface area contributed by atoms with Crippen molar-refractivity contribution in [3.63, 3.8) is 0 Å². The molecular weight excluding hydrogens is 447 g/mol. The number of amides is 2. The van der Waals surface area contributed by atoms with E-state index in [9.17, 15) is 14.0 Å². The smallest absolute Gasteiger partial charge is 0.262 e. The predicted molar refractivity (Wildman–Crippen MR) is 130 cm³/mol. The van der Waals surface area contributed by atoms with E-state index in [0.29, 0.717) is 30.1 Å². The highest BCUT2D eigenvalue weighted by molar-refractivity contribution is 5.99. The van der Waals surface area contributed by atoms with Crippen molar-refractivity contribution >= 4 is 17.5 Å². The van der Waals surface area contributed by atoms with Gasteiger partial charge in [0.25, 0.3) is 11.8 Å². The minimum absolute atomic E-state index is 0.0175. The third kappa shape index (κ3) is 4.85. The van der Waals surface area contributed by atoms with Gasteiger partial charge in [-0.15, -0.1) is 0 Å². The van der Waals surface area contributed by atoms with Gasteiger partial charge in [0.15, 0.2) is 6.61 Å². The van der Waals surface area contributed by atoms with Crippen molar-refractivity contribution in [1.82, 2.24) is 4.90 Å². The largest absolute Gasteiger partial charge is 0.497 e. The molecule has 0 aliphatic carbocycles. The molecule has 0 spiro atoms. The third-order valence-electron chi connectivity index (χ3n) is 6.84. The molecule has 5 rings (SSSR count). The molecule has 2 aliphatic rings. The Labute approximate surface area is 203 Å². The SMILES string of the molecule is COc1cccc([C@@H](c2ccc(F)cc2)C2CCN(C(=O)c3ccc4c(c3)NC(=O)CO4)CC2)c1. The number of halogens is 1. The molecule has 7 heteroatoms. The lowest BCUT2D eigenvalue weighted by atomic mass is 9.76. The van der Waals surface area contributed by atoms with Crippen molar-refractivity contribution in [2.75, 3.05) is 32.1 Å². The number of likely N-dealkylation sites (tertiary alicyclic amines) is 1. The standard InChI is InChI=1S/C28H27FN2O4/c1-34-23-4-2-3-20(15-23)27(18-5-8-22(29)9-6-18)19-11-13-31(14-12-19)28(33)21-7-10-25-24(16-21)30-26(32)17-35-25/h2-10,15-16,19,27H,11-14,17H2,1H3,(H,30,32)/t27-/m0/s1. The van der Waals surface area contributed by atoms with Crippen molar-refractivity contribution in [3.8, 4) is 11.5 Å². The molecule has 2 aliphatic heterocycles. The number of benzene rings is 3. The summed E-state index contributed by atoms with van der Waals surface area (Å²) in [6, 6.07) is 19.8. The Morgan fingerprint density at radius 3 is 2.57 bits per heavy atom. The maximum absolute atomic E-state index is 13.6. The molecular formula is C28H27FN2O4. The highest BCUT2D eigenvalue weighted by Gasteiger charge is 2.31. The molecule has 3 aromatic carbocycles. The fourth-order valence-electron chi connectivity index (χ4n) is 5.08.